The summed E-state index contributed by atoms with van der Waals surface area (Å²) in [7, 11) is 0. The van der Waals surface area contributed by atoms with E-state index in [4.69, 9.17) is 10.5 Å². The molecule has 0 unspecified atom stereocenters. The Morgan fingerprint density at radius 2 is 2.12 bits per heavy atom. The van der Waals surface area contributed by atoms with Crippen LogP contribution in [0, 0.1) is 0 Å². The first kappa shape index (κ1) is 10.5. The Bertz CT molecular complexity index is 478. The second-order valence-electron chi connectivity index (χ2n) is 3.76. The maximum Gasteiger partial charge on any atom is 0.140 e. The summed E-state index contributed by atoms with van der Waals surface area (Å²) in [5.74, 6) is 0.724. The third kappa shape index (κ3) is 2.31. The summed E-state index contributed by atoms with van der Waals surface area (Å²) in [5.41, 5.74) is 7.05. The van der Waals surface area contributed by atoms with Crippen molar-refractivity contribution in [3.8, 4) is 11.4 Å². The lowest BCUT2D eigenvalue weighted by Crippen LogP contribution is -2.06. The molecule has 0 saturated heterocycles. The zero-order valence-corrected chi connectivity index (χ0v) is 9.29. The standard InChI is InChI=1S/C11H14N4O/c1-8(2)16-11-3-10(5-13-6-11)15-7-9(12)4-14-15/h3-8H,12H2,1-2H3. The zero-order valence-electron chi connectivity index (χ0n) is 9.29. The van der Waals surface area contributed by atoms with Gasteiger partial charge in [0, 0.05) is 6.07 Å². The Balaban J connectivity index is 2.28. The van der Waals surface area contributed by atoms with Gasteiger partial charge in [-0.05, 0) is 13.8 Å². The Morgan fingerprint density at radius 3 is 2.75 bits per heavy atom. The number of rotatable bonds is 3. The molecule has 2 heterocycles. The molecule has 0 aliphatic carbocycles. The van der Waals surface area contributed by atoms with Crippen LogP contribution in [0.3, 0.4) is 0 Å². The maximum absolute atomic E-state index is 5.60. The third-order valence-corrected chi connectivity index (χ3v) is 1.94. The Kier molecular flexibility index (Phi) is 2.76. The molecule has 5 nitrogen and oxygen atoms in total. The molecule has 0 amide bonds. The first-order valence-corrected chi connectivity index (χ1v) is 5.07. The molecule has 0 bridgehead atoms. The monoisotopic (exact) mass is 218 g/mol. The fourth-order valence-electron chi connectivity index (χ4n) is 1.35. The van der Waals surface area contributed by atoms with Crippen molar-refractivity contribution in [2.75, 3.05) is 5.73 Å². The molecule has 0 atom stereocenters. The van der Waals surface area contributed by atoms with Gasteiger partial charge in [0.1, 0.15) is 5.75 Å². The predicted molar refractivity (Wildman–Crippen MR) is 61.5 cm³/mol. The number of anilines is 1. The van der Waals surface area contributed by atoms with Gasteiger partial charge in [0.2, 0.25) is 0 Å². The zero-order chi connectivity index (χ0) is 11.5. The number of hydrogen-bond acceptors (Lipinski definition) is 4. The van der Waals surface area contributed by atoms with Crippen molar-refractivity contribution in [3.63, 3.8) is 0 Å². The molecule has 0 fully saturated rings. The van der Waals surface area contributed by atoms with Crippen molar-refractivity contribution >= 4 is 5.69 Å². The van der Waals surface area contributed by atoms with Crippen LogP contribution >= 0.6 is 0 Å². The SMILES string of the molecule is CC(C)Oc1cncc(-n2cc(N)cn2)c1. The molecular formula is C11H14N4O. The van der Waals surface area contributed by atoms with E-state index >= 15 is 0 Å². The summed E-state index contributed by atoms with van der Waals surface area (Å²) in [6.45, 7) is 3.94. The van der Waals surface area contributed by atoms with E-state index in [1.807, 2.05) is 19.9 Å². The minimum atomic E-state index is 0.125. The van der Waals surface area contributed by atoms with E-state index in [-0.39, 0.29) is 6.10 Å². The first-order valence-electron chi connectivity index (χ1n) is 5.07. The highest BCUT2D eigenvalue weighted by molar-refractivity contribution is 5.39. The molecule has 2 N–H and O–H groups in total. The highest BCUT2D eigenvalue weighted by Gasteiger charge is 2.03. The Morgan fingerprint density at radius 1 is 1.31 bits per heavy atom. The van der Waals surface area contributed by atoms with Gasteiger partial charge < -0.3 is 10.5 Å². The minimum absolute atomic E-state index is 0.125. The van der Waals surface area contributed by atoms with Gasteiger partial charge in [0.25, 0.3) is 0 Å². The molecule has 2 aromatic rings. The van der Waals surface area contributed by atoms with Gasteiger partial charge >= 0.3 is 0 Å². The van der Waals surface area contributed by atoms with Gasteiger partial charge in [-0.3, -0.25) is 4.98 Å². The van der Waals surface area contributed by atoms with E-state index in [2.05, 4.69) is 10.1 Å². The number of nitrogens with two attached hydrogens (primary N) is 1. The highest BCUT2D eigenvalue weighted by Crippen LogP contribution is 2.16. The summed E-state index contributed by atoms with van der Waals surface area (Å²) < 4.78 is 7.21. The van der Waals surface area contributed by atoms with Crippen LogP contribution in [-0.2, 0) is 0 Å². The Hall–Kier alpha value is -2.04. The predicted octanol–water partition coefficient (Wildman–Crippen LogP) is 1.64. The van der Waals surface area contributed by atoms with Crippen molar-refractivity contribution in [3.05, 3.63) is 30.9 Å². The van der Waals surface area contributed by atoms with Crippen LogP contribution in [0.25, 0.3) is 5.69 Å². The van der Waals surface area contributed by atoms with E-state index in [9.17, 15) is 0 Å². The van der Waals surface area contributed by atoms with Gasteiger partial charge in [-0.1, -0.05) is 0 Å². The number of pyridine rings is 1. The summed E-state index contributed by atoms with van der Waals surface area (Å²) in [6, 6.07) is 1.87. The van der Waals surface area contributed by atoms with Crippen LogP contribution in [0.5, 0.6) is 5.75 Å². The fourth-order valence-corrected chi connectivity index (χ4v) is 1.35. The molecule has 16 heavy (non-hydrogen) atoms. The lowest BCUT2D eigenvalue weighted by Gasteiger charge is -2.10. The number of nitrogens with zero attached hydrogens (tertiary/aromatic N) is 3. The molecule has 2 aromatic heterocycles. The van der Waals surface area contributed by atoms with Crippen LogP contribution < -0.4 is 10.5 Å². The minimum Gasteiger partial charge on any atom is -0.489 e. The molecular weight excluding hydrogens is 204 g/mol. The average molecular weight is 218 g/mol. The molecule has 0 radical (unpaired) electrons. The van der Waals surface area contributed by atoms with Crippen molar-refractivity contribution in [1.29, 1.82) is 0 Å². The van der Waals surface area contributed by atoms with E-state index in [1.165, 1.54) is 0 Å². The van der Waals surface area contributed by atoms with Crippen LogP contribution in [0.2, 0.25) is 0 Å². The summed E-state index contributed by atoms with van der Waals surface area (Å²) in [4.78, 5) is 4.10. The van der Waals surface area contributed by atoms with Crippen molar-refractivity contribution in [2.24, 2.45) is 0 Å². The van der Waals surface area contributed by atoms with Gasteiger partial charge in [-0.2, -0.15) is 5.10 Å². The van der Waals surface area contributed by atoms with E-state index < -0.39 is 0 Å². The van der Waals surface area contributed by atoms with Gasteiger partial charge in [-0.25, -0.2) is 4.68 Å². The van der Waals surface area contributed by atoms with Crippen molar-refractivity contribution in [2.45, 2.75) is 20.0 Å². The summed E-state index contributed by atoms with van der Waals surface area (Å²) in [6.07, 6.45) is 6.84. The molecule has 0 aromatic carbocycles. The molecule has 0 aliphatic rings. The van der Waals surface area contributed by atoms with Crippen molar-refractivity contribution < 1.29 is 4.74 Å². The Labute approximate surface area is 93.9 Å². The van der Waals surface area contributed by atoms with Gasteiger partial charge in [0.05, 0.1) is 42.3 Å². The molecule has 2 rings (SSSR count). The van der Waals surface area contributed by atoms with E-state index in [0.29, 0.717) is 5.69 Å². The maximum atomic E-state index is 5.60. The van der Waals surface area contributed by atoms with Crippen LogP contribution in [0.4, 0.5) is 5.69 Å². The van der Waals surface area contributed by atoms with Gasteiger partial charge in [-0.15, -0.1) is 0 Å². The lowest BCUT2D eigenvalue weighted by molar-refractivity contribution is 0.241. The first-order chi connectivity index (χ1) is 7.65. The molecule has 0 saturated carbocycles. The number of nitrogen functional groups attached to an aromatic ring is 1. The fraction of sp³-hybridized carbons (Fsp3) is 0.273. The smallest absolute Gasteiger partial charge is 0.140 e. The van der Waals surface area contributed by atoms with E-state index in [0.717, 1.165) is 11.4 Å². The average Bonchev–Trinajstić information content (AvgIpc) is 2.64. The van der Waals surface area contributed by atoms with Crippen molar-refractivity contribution in [1.82, 2.24) is 14.8 Å². The summed E-state index contributed by atoms with van der Waals surface area (Å²) in [5, 5.41) is 4.10. The normalized spacial score (nSPS) is 10.7. The van der Waals surface area contributed by atoms with E-state index in [1.54, 1.807) is 29.5 Å². The topological polar surface area (TPSA) is 66.0 Å². The van der Waals surface area contributed by atoms with Crippen LogP contribution in [0.1, 0.15) is 13.8 Å². The number of hydrogen-bond donors (Lipinski definition) is 1. The lowest BCUT2D eigenvalue weighted by atomic mass is 10.4. The molecule has 0 aliphatic heterocycles. The quantitative estimate of drug-likeness (QED) is 0.850. The van der Waals surface area contributed by atoms with Gasteiger partial charge in [0.15, 0.2) is 0 Å². The molecule has 84 valence electrons. The number of aromatic nitrogens is 3. The van der Waals surface area contributed by atoms with Crippen LogP contribution in [0.15, 0.2) is 30.9 Å². The molecule has 5 heteroatoms. The second-order valence-corrected chi connectivity index (χ2v) is 3.76. The third-order valence-electron chi connectivity index (χ3n) is 1.94. The highest BCUT2D eigenvalue weighted by atomic mass is 16.5. The largest absolute Gasteiger partial charge is 0.489 e. The molecule has 0 spiro atoms. The summed E-state index contributed by atoms with van der Waals surface area (Å²) >= 11 is 0. The van der Waals surface area contributed by atoms with Crippen LogP contribution in [-0.4, -0.2) is 20.9 Å². The second kappa shape index (κ2) is 4.22. The number of ether oxygens (including phenoxy) is 1.